The molecule has 0 atom stereocenters. The number of carbonyl (C=O) groups excluding carboxylic acids is 1. The van der Waals surface area contributed by atoms with E-state index in [0.717, 1.165) is 40.7 Å². The quantitative estimate of drug-likeness (QED) is 0.219. The number of Topliss-reactive ketones (excluding diaryl/α,β-unsaturated/α-hetero) is 1. The summed E-state index contributed by atoms with van der Waals surface area (Å²) in [5, 5.41) is 0. The molecule has 0 aliphatic heterocycles. The normalized spacial score (nSPS) is 10.8. The van der Waals surface area contributed by atoms with E-state index in [4.69, 9.17) is 10.5 Å². The van der Waals surface area contributed by atoms with Crippen molar-refractivity contribution in [1.82, 2.24) is 15.0 Å². The highest BCUT2D eigenvalue weighted by molar-refractivity contribution is 5.95. The molecule has 6 nitrogen and oxygen atoms in total. The summed E-state index contributed by atoms with van der Waals surface area (Å²) in [4.78, 5) is 25.4. The fraction of sp³-hybridized carbons (Fsp3) is 0.185. The number of nitrogen functional groups attached to an aromatic ring is 1. The van der Waals surface area contributed by atoms with Crippen LogP contribution in [0.25, 0.3) is 11.1 Å². The average Bonchev–Trinajstić information content (AvgIpc) is 2.86. The highest BCUT2D eigenvalue weighted by Gasteiger charge is 2.13. The Balaban J connectivity index is 1.29. The number of hydrogen-bond acceptors (Lipinski definition) is 6. The molecule has 6 heteroatoms. The number of carbonyl (C=O) groups is 1. The molecule has 2 heterocycles. The number of ether oxygens (including phenoxy) is 1. The summed E-state index contributed by atoms with van der Waals surface area (Å²) in [5.74, 6) is 0.0503. The van der Waals surface area contributed by atoms with Gasteiger partial charge in [-0.1, -0.05) is 42.5 Å². The summed E-state index contributed by atoms with van der Waals surface area (Å²) in [6, 6.07) is 19.7. The van der Waals surface area contributed by atoms with Gasteiger partial charge in [0.25, 0.3) is 0 Å². The highest BCUT2D eigenvalue weighted by atomic mass is 16.5. The Morgan fingerprint density at radius 2 is 1.70 bits per heavy atom. The van der Waals surface area contributed by atoms with Crippen molar-refractivity contribution < 1.29 is 9.53 Å². The van der Waals surface area contributed by atoms with Crippen LogP contribution in [-0.2, 0) is 24.2 Å². The van der Waals surface area contributed by atoms with Crippen molar-refractivity contribution in [3.63, 3.8) is 0 Å². The molecule has 33 heavy (non-hydrogen) atoms. The van der Waals surface area contributed by atoms with Gasteiger partial charge in [0.1, 0.15) is 0 Å². The van der Waals surface area contributed by atoms with Crippen molar-refractivity contribution in [2.24, 2.45) is 0 Å². The van der Waals surface area contributed by atoms with Crippen molar-refractivity contribution in [3.8, 4) is 11.1 Å². The van der Waals surface area contributed by atoms with Gasteiger partial charge in [0.05, 0.1) is 6.61 Å². The lowest BCUT2D eigenvalue weighted by Gasteiger charge is -2.09. The predicted molar refractivity (Wildman–Crippen MR) is 129 cm³/mol. The minimum Gasteiger partial charge on any atom is -0.398 e. The standard InChI is InChI=1S/C27H26N4O2/c28-25-11-10-23(22-8-2-1-3-9-22)14-24(25)15-26(32)27-30-17-20(18-31-27)7-5-13-33-19-21-6-4-12-29-16-21/h1-4,6,8-12,14,16-18H,5,7,13,15,19,28H2. The van der Waals surface area contributed by atoms with E-state index in [9.17, 15) is 4.79 Å². The zero-order valence-electron chi connectivity index (χ0n) is 18.4. The zero-order chi connectivity index (χ0) is 22.9. The van der Waals surface area contributed by atoms with Crippen LogP contribution in [0.15, 0.2) is 85.5 Å². The second-order valence-corrected chi connectivity index (χ2v) is 7.81. The third-order valence-electron chi connectivity index (χ3n) is 5.30. The van der Waals surface area contributed by atoms with E-state index < -0.39 is 0 Å². The van der Waals surface area contributed by atoms with Crippen LogP contribution in [0, 0.1) is 0 Å². The number of rotatable bonds is 10. The molecule has 0 saturated heterocycles. The van der Waals surface area contributed by atoms with Gasteiger partial charge in [0.15, 0.2) is 5.82 Å². The van der Waals surface area contributed by atoms with Gasteiger partial charge in [-0.05, 0) is 58.9 Å². The van der Waals surface area contributed by atoms with Gasteiger partial charge < -0.3 is 10.5 Å². The molecule has 4 rings (SSSR count). The Hall–Kier alpha value is -3.90. The zero-order valence-corrected chi connectivity index (χ0v) is 18.4. The highest BCUT2D eigenvalue weighted by Crippen LogP contribution is 2.24. The van der Waals surface area contributed by atoms with E-state index in [1.54, 1.807) is 24.8 Å². The number of anilines is 1. The lowest BCUT2D eigenvalue weighted by Crippen LogP contribution is -2.10. The molecule has 2 N–H and O–H groups in total. The first-order valence-electron chi connectivity index (χ1n) is 10.9. The minimum atomic E-state index is -0.154. The summed E-state index contributed by atoms with van der Waals surface area (Å²) < 4.78 is 5.68. The summed E-state index contributed by atoms with van der Waals surface area (Å²) in [6.07, 6.45) is 8.77. The number of nitrogens with two attached hydrogens (primary N) is 1. The van der Waals surface area contributed by atoms with E-state index in [1.807, 2.05) is 60.7 Å². The van der Waals surface area contributed by atoms with E-state index in [-0.39, 0.29) is 18.0 Å². The molecule has 0 aliphatic rings. The van der Waals surface area contributed by atoms with Crippen molar-refractivity contribution in [2.45, 2.75) is 25.9 Å². The number of pyridine rings is 1. The number of benzene rings is 2. The first-order valence-corrected chi connectivity index (χ1v) is 10.9. The second kappa shape index (κ2) is 11.1. The Labute approximate surface area is 193 Å². The van der Waals surface area contributed by atoms with Crippen LogP contribution in [-0.4, -0.2) is 27.3 Å². The van der Waals surface area contributed by atoms with Gasteiger partial charge in [0.2, 0.25) is 5.78 Å². The number of aromatic nitrogens is 3. The molecule has 0 amide bonds. The Kier molecular flexibility index (Phi) is 7.51. The van der Waals surface area contributed by atoms with Crippen LogP contribution in [0.1, 0.15) is 33.7 Å². The molecule has 0 fully saturated rings. The molecule has 2 aromatic carbocycles. The van der Waals surface area contributed by atoms with Gasteiger partial charge in [-0.3, -0.25) is 9.78 Å². The molecule has 0 bridgehead atoms. The van der Waals surface area contributed by atoms with Gasteiger partial charge >= 0.3 is 0 Å². The van der Waals surface area contributed by atoms with E-state index in [2.05, 4.69) is 15.0 Å². The van der Waals surface area contributed by atoms with Gasteiger partial charge in [-0.2, -0.15) is 0 Å². The Morgan fingerprint density at radius 3 is 2.45 bits per heavy atom. The first-order chi connectivity index (χ1) is 16.2. The molecule has 4 aromatic rings. The molecular weight excluding hydrogens is 412 g/mol. The second-order valence-electron chi connectivity index (χ2n) is 7.81. The third kappa shape index (κ3) is 6.30. The maximum absolute atomic E-state index is 12.8. The summed E-state index contributed by atoms with van der Waals surface area (Å²) in [6.45, 7) is 1.18. The molecular formula is C27H26N4O2. The Morgan fingerprint density at radius 1 is 0.879 bits per heavy atom. The molecule has 166 valence electrons. The molecule has 0 spiro atoms. The fourth-order valence-corrected chi connectivity index (χ4v) is 3.50. The minimum absolute atomic E-state index is 0.154. The number of ketones is 1. The van der Waals surface area contributed by atoms with E-state index in [0.29, 0.717) is 18.9 Å². The summed E-state index contributed by atoms with van der Waals surface area (Å²) in [5.41, 5.74) is 11.6. The molecule has 0 unspecified atom stereocenters. The number of hydrogen-bond donors (Lipinski definition) is 1. The number of nitrogens with zero attached hydrogens (tertiary/aromatic N) is 3. The number of aryl methyl sites for hydroxylation is 1. The molecule has 0 saturated carbocycles. The molecule has 2 aromatic heterocycles. The van der Waals surface area contributed by atoms with Crippen LogP contribution >= 0.6 is 0 Å². The van der Waals surface area contributed by atoms with Gasteiger partial charge in [-0.25, -0.2) is 9.97 Å². The summed E-state index contributed by atoms with van der Waals surface area (Å²) in [7, 11) is 0. The summed E-state index contributed by atoms with van der Waals surface area (Å²) >= 11 is 0. The topological polar surface area (TPSA) is 91.0 Å². The third-order valence-corrected chi connectivity index (χ3v) is 5.30. The van der Waals surface area contributed by atoms with Crippen LogP contribution in [0.5, 0.6) is 0 Å². The Bertz CT molecular complexity index is 1180. The molecule has 0 aliphatic carbocycles. The van der Waals surface area contributed by atoms with Crippen molar-refractivity contribution in [3.05, 3.63) is 108 Å². The van der Waals surface area contributed by atoms with Crippen LogP contribution in [0.4, 0.5) is 5.69 Å². The smallest absolute Gasteiger partial charge is 0.204 e. The maximum atomic E-state index is 12.8. The predicted octanol–water partition coefficient (Wildman–Crippen LogP) is 4.70. The SMILES string of the molecule is Nc1ccc(-c2ccccc2)cc1CC(=O)c1ncc(CCCOCc2cccnc2)cn1. The maximum Gasteiger partial charge on any atom is 0.204 e. The van der Waals surface area contributed by atoms with Crippen molar-refractivity contribution in [1.29, 1.82) is 0 Å². The van der Waals surface area contributed by atoms with Crippen LogP contribution in [0.3, 0.4) is 0 Å². The van der Waals surface area contributed by atoms with E-state index in [1.165, 1.54) is 0 Å². The van der Waals surface area contributed by atoms with Crippen molar-refractivity contribution >= 4 is 11.5 Å². The average molecular weight is 439 g/mol. The monoisotopic (exact) mass is 438 g/mol. The van der Waals surface area contributed by atoms with Crippen molar-refractivity contribution in [2.75, 3.05) is 12.3 Å². The van der Waals surface area contributed by atoms with E-state index >= 15 is 0 Å². The molecule has 0 radical (unpaired) electrons. The van der Waals surface area contributed by atoms with Crippen LogP contribution < -0.4 is 5.73 Å². The van der Waals surface area contributed by atoms with Gasteiger partial charge in [0, 0.05) is 43.5 Å². The fourth-order valence-electron chi connectivity index (χ4n) is 3.50. The van der Waals surface area contributed by atoms with Gasteiger partial charge in [-0.15, -0.1) is 0 Å². The lowest BCUT2D eigenvalue weighted by molar-refractivity contribution is 0.0983. The van der Waals surface area contributed by atoms with Crippen LogP contribution in [0.2, 0.25) is 0 Å². The lowest BCUT2D eigenvalue weighted by atomic mass is 9.99. The largest absolute Gasteiger partial charge is 0.398 e. The first kappa shape index (κ1) is 22.3.